The molecule has 0 amide bonds. The van der Waals surface area contributed by atoms with Crippen LogP contribution in [0.4, 0.5) is 5.82 Å². The largest absolute Gasteiger partial charge is 0.381 e. The Morgan fingerprint density at radius 3 is 2.68 bits per heavy atom. The number of hydrogen-bond donors (Lipinski definition) is 0. The molecule has 2 aromatic heterocycles. The molecule has 2 fully saturated rings. The second-order valence-corrected chi connectivity index (χ2v) is 7.32. The summed E-state index contributed by atoms with van der Waals surface area (Å²) in [7, 11) is 0. The van der Waals surface area contributed by atoms with Crippen LogP contribution in [0, 0.1) is 19.8 Å². The summed E-state index contributed by atoms with van der Waals surface area (Å²) in [5.74, 6) is 4.22. The summed E-state index contributed by atoms with van der Waals surface area (Å²) in [5, 5.41) is 0. The van der Waals surface area contributed by atoms with Gasteiger partial charge in [0.05, 0.1) is 12.3 Å². The Bertz CT molecular complexity index is 714. The number of anilines is 1. The van der Waals surface area contributed by atoms with Gasteiger partial charge in [-0.2, -0.15) is 0 Å². The van der Waals surface area contributed by atoms with Gasteiger partial charge in [-0.15, -0.1) is 0 Å². The van der Waals surface area contributed by atoms with Gasteiger partial charge in [-0.25, -0.2) is 15.0 Å². The lowest BCUT2D eigenvalue weighted by atomic mass is 9.96. The highest BCUT2D eigenvalue weighted by Crippen LogP contribution is 2.28. The Labute approximate surface area is 149 Å². The third-order valence-electron chi connectivity index (χ3n) is 5.51. The predicted octanol–water partition coefficient (Wildman–Crippen LogP) is 2.71. The van der Waals surface area contributed by atoms with Crippen LogP contribution in [0.3, 0.4) is 0 Å². The molecule has 0 saturated carbocycles. The van der Waals surface area contributed by atoms with E-state index in [1.807, 2.05) is 13.1 Å². The van der Waals surface area contributed by atoms with E-state index in [2.05, 4.69) is 38.6 Å². The van der Waals surface area contributed by atoms with Crippen LogP contribution >= 0.6 is 0 Å². The molecule has 25 heavy (non-hydrogen) atoms. The lowest BCUT2D eigenvalue weighted by Gasteiger charge is -2.33. The fraction of sp³-hybridized carbons (Fsp3) is 0.632. The highest BCUT2D eigenvalue weighted by Gasteiger charge is 2.24. The highest BCUT2D eigenvalue weighted by molar-refractivity contribution is 5.41. The average Bonchev–Trinajstić information content (AvgIpc) is 3.28. The highest BCUT2D eigenvalue weighted by atomic mass is 16.5. The second kappa shape index (κ2) is 7.12. The monoisotopic (exact) mass is 341 g/mol. The van der Waals surface area contributed by atoms with Crippen molar-refractivity contribution >= 4 is 5.82 Å². The fourth-order valence-corrected chi connectivity index (χ4v) is 3.93. The summed E-state index contributed by atoms with van der Waals surface area (Å²) in [6, 6.07) is 2.19. The van der Waals surface area contributed by atoms with Crippen molar-refractivity contribution in [2.24, 2.45) is 5.92 Å². The first kappa shape index (κ1) is 16.5. The molecule has 0 spiro atoms. The molecular formula is C19H27N5O. The smallest absolute Gasteiger partial charge is 0.132 e. The van der Waals surface area contributed by atoms with E-state index in [4.69, 9.17) is 9.72 Å². The van der Waals surface area contributed by atoms with Crippen LogP contribution in [0.25, 0.3) is 0 Å². The molecule has 0 N–H and O–H groups in total. The quantitative estimate of drug-likeness (QED) is 0.856. The minimum absolute atomic E-state index is 0.433. The molecule has 2 aliphatic heterocycles. The summed E-state index contributed by atoms with van der Waals surface area (Å²) < 4.78 is 7.80. The molecule has 4 rings (SSSR count). The molecule has 0 aliphatic carbocycles. The zero-order valence-electron chi connectivity index (χ0n) is 15.2. The Morgan fingerprint density at radius 2 is 2.00 bits per heavy atom. The summed E-state index contributed by atoms with van der Waals surface area (Å²) >= 11 is 0. The summed E-state index contributed by atoms with van der Waals surface area (Å²) in [6.45, 7) is 8.92. The Morgan fingerprint density at radius 1 is 1.16 bits per heavy atom. The third kappa shape index (κ3) is 3.68. The Balaban J connectivity index is 1.41. The topological polar surface area (TPSA) is 56.1 Å². The Kier molecular flexibility index (Phi) is 4.70. The number of rotatable bonds is 4. The molecule has 1 atom stereocenters. The van der Waals surface area contributed by atoms with Crippen LogP contribution in [-0.4, -0.2) is 45.8 Å². The van der Waals surface area contributed by atoms with E-state index in [-0.39, 0.29) is 0 Å². The normalized spacial score (nSPS) is 21.8. The van der Waals surface area contributed by atoms with Gasteiger partial charge in [0.25, 0.3) is 0 Å². The first-order valence-corrected chi connectivity index (χ1v) is 9.35. The van der Waals surface area contributed by atoms with Crippen LogP contribution in [0.1, 0.15) is 42.5 Å². The SMILES string of the molecule is Cc1nc([C@H]2CCOC2)cc(N2CCC(Cn3ccnc3C)CC2)n1. The average molecular weight is 341 g/mol. The summed E-state index contributed by atoms with van der Waals surface area (Å²) in [4.78, 5) is 16.1. The molecule has 2 aromatic rings. The molecule has 6 heteroatoms. The molecule has 134 valence electrons. The van der Waals surface area contributed by atoms with E-state index < -0.39 is 0 Å². The third-order valence-corrected chi connectivity index (χ3v) is 5.51. The van der Waals surface area contributed by atoms with E-state index in [0.29, 0.717) is 5.92 Å². The van der Waals surface area contributed by atoms with Crippen molar-refractivity contribution in [3.8, 4) is 0 Å². The molecule has 2 saturated heterocycles. The lowest BCUT2D eigenvalue weighted by Crippen LogP contribution is -2.35. The van der Waals surface area contributed by atoms with Gasteiger partial charge < -0.3 is 14.2 Å². The minimum Gasteiger partial charge on any atom is -0.381 e. The Hall–Kier alpha value is -1.95. The number of aromatic nitrogens is 4. The number of aryl methyl sites for hydroxylation is 2. The standard InChI is InChI=1S/C19H27N5O/c1-14-21-18(17-5-10-25-13-17)11-19(22-14)23-7-3-16(4-8-23)12-24-9-6-20-15(24)2/h6,9,11,16-17H,3-5,7-8,10,12-13H2,1-2H3/t17-/m0/s1. The van der Waals surface area contributed by atoms with Crippen molar-refractivity contribution in [2.45, 2.75) is 45.6 Å². The summed E-state index contributed by atoms with van der Waals surface area (Å²) in [6.07, 6.45) is 7.45. The lowest BCUT2D eigenvalue weighted by molar-refractivity contribution is 0.193. The van der Waals surface area contributed by atoms with E-state index in [1.54, 1.807) is 0 Å². The zero-order valence-corrected chi connectivity index (χ0v) is 15.2. The molecule has 0 bridgehead atoms. The predicted molar refractivity (Wildman–Crippen MR) is 96.8 cm³/mol. The first-order chi connectivity index (χ1) is 12.2. The minimum atomic E-state index is 0.433. The van der Waals surface area contributed by atoms with Gasteiger partial charge >= 0.3 is 0 Å². The number of hydrogen-bond acceptors (Lipinski definition) is 5. The molecular weight excluding hydrogens is 314 g/mol. The number of ether oxygens (including phenoxy) is 1. The van der Waals surface area contributed by atoms with Crippen LogP contribution in [0.2, 0.25) is 0 Å². The van der Waals surface area contributed by atoms with Gasteiger partial charge in [-0.1, -0.05) is 0 Å². The first-order valence-electron chi connectivity index (χ1n) is 9.35. The van der Waals surface area contributed by atoms with Crippen molar-refractivity contribution in [3.63, 3.8) is 0 Å². The van der Waals surface area contributed by atoms with Gasteiger partial charge in [0, 0.05) is 50.6 Å². The van der Waals surface area contributed by atoms with Gasteiger partial charge in [0.2, 0.25) is 0 Å². The van der Waals surface area contributed by atoms with Crippen molar-refractivity contribution in [1.29, 1.82) is 0 Å². The van der Waals surface area contributed by atoms with Crippen molar-refractivity contribution < 1.29 is 4.74 Å². The van der Waals surface area contributed by atoms with Crippen LogP contribution < -0.4 is 4.90 Å². The van der Waals surface area contributed by atoms with Gasteiger partial charge in [0.15, 0.2) is 0 Å². The van der Waals surface area contributed by atoms with E-state index in [1.165, 1.54) is 12.8 Å². The van der Waals surface area contributed by atoms with Crippen LogP contribution in [0.15, 0.2) is 18.5 Å². The number of piperidine rings is 1. The molecule has 4 heterocycles. The van der Waals surface area contributed by atoms with Crippen LogP contribution in [-0.2, 0) is 11.3 Å². The fourth-order valence-electron chi connectivity index (χ4n) is 3.93. The van der Waals surface area contributed by atoms with Crippen molar-refractivity contribution in [3.05, 3.63) is 35.8 Å². The van der Waals surface area contributed by atoms with Gasteiger partial charge in [0.1, 0.15) is 17.5 Å². The molecule has 0 radical (unpaired) electrons. The zero-order chi connectivity index (χ0) is 17.2. The summed E-state index contributed by atoms with van der Waals surface area (Å²) in [5.41, 5.74) is 1.15. The number of imidazole rings is 1. The van der Waals surface area contributed by atoms with E-state index in [0.717, 1.165) is 68.3 Å². The molecule has 0 unspecified atom stereocenters. The van der Waals surface area contributed by atoms with Crippen LogP contribution in [0.5, 0.6) is 0 Å². The van der Waals surface area contributed by atoms with Crippen molar-refractivity contribution in [2.75, 3.05) is 31.2 Å². The van der Waals surface area contributed by atoms with Gasteiger partial charge in [-0.05, 0) is 39.0 Å². The van der Waals surface area contributed by atoms with Crippen molar-refractivity contribution in [1.82, 2.24) is 19.5 Å². The van der Waals surface area contributed by atoms with E-state index >= 15 is 0 Å². The molecule has 6 nitrogen and oxygen atoms in total. The molecule has 0 aromatic carbocycles. The molecule has 2 aliphatic rings. The van der Waals surface area contributed by atoms with E-state index in [9.17, 15) is 0 Å². The maximum absolute atomic E-state index is 5.53. The second-order valence-electron chi connectivity index (χ2n) is 7.32. The van der Waals surface area contributed by atoms with Gasteiger partial charge in [-0.3, -0.25) is 0 Å². The maximum atomic E-state index is 5.53. The maximum Gasteiger partial charge on any atom is 0.132 e. The number of nitrogens with zero attached hydrogens (tertiary/aromatic N) is 5.